The first-order valence-electron chi connectivity index (χ1n) is 9.85. The second-order valence-electron chi connectivity index (χ2n) is 7.48. The molecule has 3 N–H and O–H groups in total. The van der Waals surface area contributed by atoms with Crippen LogP contribution in [0.25, 0.3) is 11.0 Å². The van der Waals surface area contributed by atoms with E-state index < -0.39 is 0 Å². The topological polar surface area (TPSA) is 56.0 Å². The highest BCUT2D eigenvalue weighted by atomic mass is 32.1. The van der Waals surface area contributed by atoms with Gasteiger partial charge in [-0.15, -0.1) is 0 Å². The van der Waals surface area contributed by atoms with Gasteiger partial charge in [-0.05, 0) is 82.0 Å². The van der Waals surface area contributed by atoms with E-state index in [-0.39, 0.29) is 0 Å². The van der Waals surface area contributed by atoms with E-state index in [9.17, 15) is 0 Å². The molecule has 2 aromatic rings. The number of aromatic amines is 1. The Morgan fingerprint density at radius 1 is 1.35 bits per heavy atom. The molecule has 1 aliphatic heterocycles. The number of H-pyrrole nitrogens is 1. The molecule has 142 valence electrons. The van der Waals surface area contributed by atoms with Crippen molar-refractivity contribution in [3.63, 3.8) is 0 Å². The highest BCUT2D eigenvalue weighted by molar-refractivity contribution is 7.80. The van der Waals surface area contributed by atoms with Gasteiger partial charge in [-0.3, -0.25) is 0 Å². The average molecular weight is 374 g/mol. The molecule has 0 aliphatic carbocycles. The van der Waals surface area contributed by atoms with Gasteiger partial charge in [0.15, 0.2) is 5.11 Å². The molecule has 0 saturated carbocycles. The molecule has 1 fully saturated rings. The van der Waals surface area contributed by atoms with Crippen LogP contribution in [-0.4, -0.2) is 45.7 Å². The molecule has 1 saturated heterocycles. The van der Waals surface area contributed by atoms with Crippen molar-refractivity contribution in [3.8, 4) is 0 Å². The predicted octanol–water partition coefficient (Wildman–Crippen LogP) is 4.24. The van der Waals surface area contributed by atoms with Crippen molar-refractivity contribution in [2.24, 2.45) is 0 Å². The third-order valence-electron chi connectivity index (χ3n) is 5.31. The van der Waals surface area contributed by atoms with Crippen LogP contribution in [-0.2, 0) is 0 Å². The Bertz CT molecular complexity index is 731. The summed E-state index contributed by atoms with van der Waals surface area (Å²) in [5, 5.41) is 7.10. The van der Waals surface area contributed by atoms with E-state index in [0.717, 1.165) is 36.2 Å². The molecule has 5 nitrogen and oxygen atoms in total. The second-order valence-corrected chi connectivity index (χ2v) is 7.88. The van der Waals surface area contributed by atoms with Gasteiger partial charge < -0.3 is 20.5 Å². The number of nitrogens with zero attached hydrogens (tertiary/aromatic N) is 2. The van der Waals surface area contributed by atoms with Gasteiger partial charge in [-0.2, -0.15) is 0 Å². The molecular formula is C20H31N5S. The molecule has 0 amide bonds. The quantitative estimate of drug-likeness (QED) is 0.522. The Morgan fingerprint density at radius 3 is 2.81 bits per heavy atom. The van der Waals surface area contributed by atoms with Crippen LogP contribution in [0.2, 0.25) is 0 Å². The highest BCUT2D eigenvalue weighted by Gasteiger charge is 2.24. The fourth-order valence-corrected chi connectivity index (χ4v) is 3.87. The van der Waals surface area contributed by atoms with E-state index in [1.165, 1.54) is 31.5 Å². The lowest BCUT2D eigenvalue weighted by molar-refractivity contribution is 0.172. The third-order valence-corrected chi connectivity index (χ3v) is 5.56. The van der Waals surface area contributed by atoms with Gasteiger partial charge in [0.2, 0.25) is 0 Å². The maximum absolute atomic E-state index is 5.37. The van der Waals surface area contributed by atoms with Gasteiger partial charge >= 0.3 is 0 Å². The number of nitrogens with one attached hydrogen (secondary N) is 3. The minimum Gasteiger partial charge on any atom is -0.362 e. The Labute approximate surface area is 161 Å². The minimum absolute atomic E-state index is 0.580. The first-order valence-corrected chi connectivity index (χ1v) is 10.3. The first kappa shape index (κ1) is 19.1. The van der Waals surface area contributed by atoms with E-state index in [2.05, 4.69) is 53.6 Å². The van der Waals surface area contributed by atoms with Crippen LogP contribution in [0.15, 0.2) is 18.3 Å². The summed E-state index contributed by atoms with van der Waals surface area (Å²) in [6.45, 7) is 9.96. The lowest BCUT2D eigenvalue weighted by Crippen LogP contribution is -2.37. The summed E-state index contributed by atoms with van der Waals surface area (Å²) >= 11 is 5.37. The monoisotopic (exact) mass is 373 g/mol. The molecule has 6 heteroatoms. The van der Waals surface area contributed by atoms with Crippen molar-refractivity contribution in [1.29, 1.82) is 0 Å². The van der Waals surface area contributed by atoms with Crippen molar-refractivity contribution < 1.29 is 0 Å². The molecule has 3 heterocycles. The number of piperidine rings is 1. The van der Waals surface area contributed by atoms with E-state index in [1.807, 2.05) is 6.07 Å². The number of anilines is 1. The van der Waals surface area contributed by atoms with Crippen LogP contribution < -0.4 is 10.6 Å². The van der Waals surface area contributed by atoms with Crippen molar-refractivity contribution in [3.05, 3.63) is 23.9 Å². The standard InChI is InChI=1S/C20H31N5S/c1-4-5-10-21-20(26)24-18-7-6-17-19(23-18)16(13-22-17)15-8-11-25(12-9-15)14(2)3/h6-7,13-15,22H,4-5,8-12H2,1-3H3,(H2,21,23,24,26). The molecule has 0 aromatic carbocycles. The van der Waals surface area contributed by atoms with Crippen LogP contribution in [0.1, 0.15) is 57.9 Å². The van der Waals surface area contributed by atoms with Crippen LogP contribution in [0, 0.1) is 0 Å². The normalized spacial score (nSPS) is 16.3. The number of likely N-dealkylation sites (tertiary alicyclic amines) is 1. The number of rotatable bonds is 6. The zero-order valence-corrected chi connectivity index (χ0v) is 17.0. The zero-order chi connectivity index (χ0) is 18.5. The summed E-state index contributed by atoms with van der Waals surface area (Å²) in [5.41, 5.74) is 3.52. The predicted molar refractivity (Wildman–Crippen MR) is 114 cm³/mol. The zero-order valence-electron chi connectivity index (χ0n) is 16.1. The summed E-state index contributed by atoms with van der Waals surface area (Å²) in [5.74, 6) is 1.39. The minimum atomic E-state index is 0.580. The maximum atomic E-state index is 5.37. The number of fused-ring (bicyclic) bond motifs is 1. The SMILES string of the molecule is CCCCNC(=S)Nc1ccc2[nH]cc(C3CCN(C(C)C)CC3)c2n1. The number of hydrogen-bond acceptors (Lipinski definition) is 3. The third kappa shape index (κ3) is 4.54. The van der Waals surface area contributed by atoms with E-state index in [1.54, 1.807) is 0 Å². The summed E-state index contributed by atoms with van der Waals surface area (Å²) in [6.07, 6.45) is 6.81. The van der Waals surface area contributed by atoms with Crippen molar-refractivity contribution in [2.75, 3.05) is 25.0 Å². The first-order chi connectivity index (χ1) is 12.6. The van der Waals surface area contributed by atoms with Crippen LogP contribution in [0.5, 0.6) is 0 Å². The van der Waals surface area contributed by atoms with Gasteiger partial charge in [0.1, 0.15) is 5.82 Å². The van der Waals surface area contributed by atoms with E-state index >= 15 is 0 Å². The van der Waals surface area contributed by atoms with Gasteiger partial charge in [-0.1, -0.05) is 13.3 Å². The second kappa shape index (κ2) is 8.82. The highest BCUT2D eigenvalue weighted by Crippen LogP contribution is 2.33. The van der Waals surface area contributed by atoms with Crippen molar-refractivity contribution in [2.45, 2.75) is 58.4 Å². The number of hydrogen-bond donors (Lipinski definition) is 3. The molecule has 2 aromatic heterocycles. The van der Waals surface area contributed by atoms with Gasteiger partial charge in [0.05, 0.1) is 11.0 Å². The Kier molecular flexibility index (Phi) is 6.48. The van der Waals surface area contributed by atoms with Crippen LogP contribution in [0.3, 0.4) is 0 Å². The Hall–Kier alpha value is -1.66. The number of unbranched alkanes of at least 4 members (excludes halogenated alkanes) is 1. The molecule has 26 heavy (non-hydrogen) atoms. The molecule has 3 rings (SSSR count). The molecular weight excluding hydrogens is 342 g/mol. The van der Waals surface area contributed by atoms with E-state index in [4.69, 9.17) is 17.2 Å². The molecule has 1 aliphatic rings. The van der Waals surface area contributed by atoms with Crippen molar-refractivity contribution >= 4 is 34.2 Å². The fraction of sp³-hybridized carbons (Fsp3) is 0.600. The van der Waals surface area contributed by atoms with E-state index in [0.29, 0.717) is 17.1 Å². The summed E-state index contributed by atoms with van der Waals surface area (Å²) in [4.78, 5) is 10.8. The molecule has 0 spiro atoms. The summed E-state index contributed by atoms with van der Waals surface area (Å²) < 4.78 is 0. The molecule has 0 unspecified atom stereocenters. The molecule has 0 bridgehead atoms. The van der Waals surface area contributed by atoms with Crippen LogP contribution in [0.4, 0.5) is 5.82 Å². The van der Waals surface area contributed by atoms with Gasteiger partial charge in [0.25, 0.3) is 0 Å². The number of aromatic nitrogens is 2. The Morgan fingerprint density at radius 2 is 2.12 bits per heavy atom. The summed E-state index contributed by atoms with van der Waals surface area (Å²) in [6, 6.07) is 4.71. The Balaban J connectivity index is 1.69. The smallest absolute Gasteiger partial charge is 0.171 e. The molecule has 0 atom stereocenters. The lowest BCUT2D eigenvalue weighted by atomic mass is 9.90. The van der Waals surface area contributed by atoms with Crippen LogP contribution >= 0.6 is 12.2 Å². The van der Waals surface area contributed by atoms with Gasteiger partial charge in [-0.25, -0.2) is 4.98 Å². The van der Waals surface area contributed by atoms with Gasteiger partial charge in [0, 0.05) is 18.8 Å². The fourth-order valence-electron chi connectivity index (χ4n) is 3.67. The number of pyridine rings is 1. The maximum Gasteiger partial charge on any atom is 0.171 e. The average Bonchev–Trinajstić information content (AvgIpc) is 3.05. The number of thiocarbonyl (C=S) groups is 1. The van der Waals surface area contributed by atoms with Crippen molar-refractivity contribution in [1.82, 2.24) is 20.2 Å². The largest absolute Gasteiger partial charge is 0.362 e. The molecule has 0 radical (unpaired) electrons. The summed E-state index contributed by atoms with van der Waals surface area (Å²) in [7, 11) is 0. The lowest BCUT2D eigenvalue weighted by Gasteiger charge is -2.34.